The number of thioether (sulfide) groups is 1. The van der Waals surface area contributed by atoms with Crippen LogP contribution >= 0.6 is 11.8 Å². The van der Waals surface area contributed by atoms with Gasteiger partial charge in [0, 0.05) is 54.4 Å². The molecule has 14 nitrogen and oxygen atoms in total. The van der Waals surface area contributed by atoms with Gasteiger partial charge in [0.2, 0.25) is 5.91 Å². The van der Waals surface area contributed by atoms with Gasteiger partial charge in [-0.25, -0.2) is 4.79 Å². The summed E-state index contributed by atoms with van der Waals surface area (Å²) in [7, 11) is -2.77. The molecule has 308 valence electrons. The molecule has 4 aliphatic heterocycles. The fourth-order valence-electron chi connectivity index (χ4n) is 8.74. The molecule has 8 rings (SSSR count). The van der Waals surface area contributed by atoms with E-state index in [1.807, 2.05) is 24.0 Å². The Morgan fingerprint density at radius 2 is 1.61 bits per heavy atom. The van der Waals surface area contributed by atoms with Crippen molar-refractivity contribution in [1.82, 2.24) is 14.8 Å². The van der Waals surface area contributed by atoms with Gasteiger partial charge in [0.15, 0.2) is 5.69 Å². The summed E-state index contributed by atoms with van der Waals surface area (Å²) in [5.74, 6) is -2.08. The van der Waals surface area contributed by atoms with Gasteiger partial charge in [0.05, 0.1) is 29.1 Å². The highest BCUT2D eigenvalue weighted by Crippen LogP contribution is 2.52. The van der Waals surface area contributed by atoms with Gasteiger partial charge in [-0.15, -0.1) is 11.8 Å². The minimum Gasteiger partial charge on any atom is -0.456 e. The number of amides is 2. The molecule has 3 fully saturated rings. The van der Waals surface area contributed by atoms with Crippen LogP contribution in [0, 0.1) is 22.0 Å². The first-order valence-electron chi connectivity index (χ1n) is 19.8. The topological polar surface area (TPSA) is 169 Å². The van der Waals surface area contributed by atoms with Gasteiger partial charge in [-0.05, 0) is 40.0 Å². The van der Waals surface area contributed by atoms with E-state index in [4.69, 9.17) is 13.6 Å². The second kappa shape index (κ2) is 15.7. The van der Waals surface area contributed by atoms with Crippen LogP contribution in [0.25, 0.3) is 0 Å². The molecule has 59 heavy (non-hydrogen) atoms. The standard InChI is InChI=1S/C43H47N5O9SSi/c1-26-36-35(27(2)49)40(51)47(36)37(41(52)55-24-28-16-18-29(19-17-28)48(53)54)38(26)58-31-22-46(23-31)42-44-34(25-56-42)39(50)45-20-30(21-45)57-59(43(3,4)5,32-12-8-6-9-13-32)33-14-10-7-11-15-33/h6-19,25-27,30-31,35-36,49H,20-24H2,1-5H3/t26-,27-,35-,36-/m1/s1. The summed E-state index contributed by atoms with van der Waals surface area (Å²) in [6.45, 7) is 12.0. The van der Waals surface area contributed by atoms with Crippen molar-refractivity contribution >= 4 is 59.9 Å². The summed E-state index contributed by atoms with van der Waals surface area (Å²) in [6, 6.07) is 26.5. The van der Waals surface area contributed by atoms with Gasteiger partial charge in [-0.3, -0.25) is 19.7 Å². The average Bonchev–Trinajstić information content (AvgIpc) is 3.75. The predicted octanol–water partition coefficient (Wildman–Crippen LogP) is 4.72. The molecule has 0 aliphatic carbocycles. The molecule has 2 amide bonds. The number of carbonyl (C=O) groups is 3. The Bertz CT molecular complexity index is 2230. The number of rotatable bonds is 13. The predicted molar refractivity (Wildman–Crippen MR) is 223 cm³/mol. The molecule has 4 atom stereocenters. The number of β-lactam (4-membered cyclic amide) rings is 1. The SMILES string of the molecule is C[C@@H](O)[C@H]1C(=O)N2C(C(=O)OCc3ccc([N+](=O)[O-])cc3)=C(SC3CN(c4nc(C(=O)N5CC(O[Si](c6ccccc6)(c6ccccc6)C(C)(C)C)C5)co4)C3)[C@H](C)[C@H]12. The van der Waals surface area contributed by atoms with E-state index in [1.165, 1.54) is 57.6 Å². The minimum atomic E-state index is -2.77. The maximum absolute atomic E-state index is 13.6. The van der Waals surface area contributed by atoms with Gasteiger partial charge >= 0.3 is 5.97 Å². The number of hydrogen-bond acceptors (Lipinski definition) is 12. The number of esters is 1. The third kappa shape index (κ3) is 7.25. The van der Waals surface area contributed by atoms with Crippen molar-refractivity contribution in [3.05, 3.63) is 123 Å². The van der Waals surface area contributed by atoms with Crippen LogP contribution in [0.5, 0.6) is 0 Å². The summed E-state index contributed by atoms with van der Waals surface area (Å²) in [5.41, 5.74) is 0.880. The van der Waals surface area contributed by atoms with Crippen LogP contribution in [-0.2, 0) is 25.4 Å². The van der Waals surface area contributed by atoms with Crippen LogP contribution in [0.3, 0.4) is 0 Å². The van der Waals surface area contributed by atoms with E-state index in [0.29, 0.717) is 42.7 Å². The molecule has 0 spiro atoms. The number of anilines is 1. The van der Waals surface area contributed by atoms with Crippen molar-refractivity contribution in [2.24, 2.45) is 11.8 Å². The number of aliphatic hydroxyl groups is 1. The smallest absolute Gasteiger partial charge is 0.356 e. The number of nitro benzene ring substituents is 1. The summed E-state index contributed by atoms with van der Waals surface area (Å²) in [5, 5.41) is 23.7. The molecule has 5 heterocycles. The number of fused-ring (bicyclic) bond motifs is 1. The molecule has 0 unspecified atom stereocenters. The second-order valence-corrected chi connectivity index (χ2v) is 22.3. The fraction of sp³-hybridized carbons (Fsp3) is 0.395. The van der Waals surface area contributed by atoms with Crippen LogP contribution < -0.4 is 15.3 Å². The monoisotopic (exact) mass is 837 g/mol. The van der Waals surface area contributed by atoms with Crippen LogP contribution in [0.2, 0.25) is 5.04 Å². The number of benzene rings is 3. The van der Waals surface area contributed by atoms with E-state index in [2.05, 4.69) is 74.3 Å². The lowest BCUT2D eigenvalue weighted by molar-refractivity contribution is -0.384. The van der Waals surface area contributed by atoms with Crippen molar-refractivity contribution in [2.75, 3.05) is 31.1 Å². The third-order valence-corrected chi connectivity index (χ3v) is 18.4. The summed E-state index contributed by atoms with van der Waals surface area (Å²) >= 11 is 1.49. The highest BCUT2D eigenvalue weighted by Gasteiger charge is 2.61. The van der Waals surface area contributed by atoms with Crippen molar-refractivity contribution in [3.8, 4) is 0 Å². The molecule has 4 aliphatic rings. The summed E-state index contributed by atoms with van der Waals surface area (Å²) < 4.78 is 18.6. The molecule has 3 aromatic carbocycles. The number of carbonyl (C=O) groups excluding carboxylic acids is 3. The minimum absolute atomic E-state index is 0.0181. The third-order valence-electron chi connectivity index (χ3n) is 11.8. The second-order valence-electron chi connectivity index (χ2n) is 16.7. The summed E-state index contributed by atoms with van der Waals surface area (Å²) in [6.07, 6.45) is 0.368. The highest BCUT2D eigenvalue weighted by atomic mass is 32.2. The largest absolute Gasteiger partial charge is 0.456 e. The van der Waals surface area contributed by atoms with Crippen molar-refractivity contribution < 1.29 is 38.0 Å². The lowest BCUT2D eigenvalue weighted by Crippen LogP contribution is -2.71. The van der Waals surface area contributed by atoms with Crippen molar-refractivity contribution in [1.29, 1.82) is 0 Å². The molecule has 1 N–H and O–H groups in total. The van der Waals surface area contributed by atoms with E-state index in [-0.39, 0.29) is 63.9 Å². The van der Waals surface area contributed by atoms with Crippen LogP contribution in [-0.4, -0.2) is 101 Å². The van der Waals surface area contributed by atoms with Gasteiger partial charge in [0.25, 0.3) is 25.9 Å². The Morgan fingerprint density at radius 1 is 1.00 bits per heavy atom. The number of likely N-dealkylation sites (tertiary alicyclic amines) is 1. The van der Waals surface area contributed by atoms with E-state index >= 15 is 0 Å². The number of hydrogen-bond donors (Lipinski definition) is 1. The Labute approximate surface area is 347 Å². The zero-order chi connectivity index (χ0) is 41.8. The lowest BCUT2D eigenvalue weighted by Gasteiger charge is -2.49. The molecule has 0 radical (unpaired) electrons. The number of aromatic nitrogens is 1. The van der Waals surface area contributed by atoms with Gasteiger partial charge in [0.1, 0.15) is 18.6 Å². The molecule has 3 saturated heterocycles. The van der Waals surface area contributed by atoms with Gasteiger partial charge in [-0.1, -0.05) is 88.4 Å². The molecule has 16 heteroatoms. The zero-order valence-corrected chi connectivity index (χ0v) is 35.3. The van der Waals surface area contributed by atoms with Crippen LogP contribution in [0.15, 0.2) is 106 Å². The first-order chi connectivity index (χ1) is 28.2. The molecular formula is C43H47N5O9SSi. The van der Waals surface area contributed by atoms with Crippen LogP contribution in [0.4, 0.5) is 11.7 Å². The van der Waals surface area contributed by atoms with Crippen molar-refractivity contribution in [2.45, 2.75) is 69.8 Å². The number of non-ortho nitro benzene ring substituents is 1. The lowest BCUT2D eigenvalue weighted by atomic mass is 9.79. The molecule has 4 aromatic rings. The fourth-order valence-corrected chi connectivity index (χ4v) is 14.9. The number of ether oxygens (including phenoxy) is 1. The number of nitro groups is 1. The first kappa shape index (κ1) is 40.5. The molecule has 0 bridgehead atoms. The quantitative estimate of drug-likeness (QED) is 0.0648. The number of nitrogens with zero attached hydrogens (tertiary/aromatic N) is 5. The Morgan fingerprint density at radius 3 is 2.17 bits per heavy atom. The molecule has 1 aromatic heterocycles. The number of aliphatic hydroxyl groups excluding tert-OH is 1. The van der Waals surface area contributed by atoms with Crippen LogP contribution in [0.1, 0.15) is 50.7 Å². The van der Waals surface area contributed by atoms with Crippen molar-refractivity contribution in [3.63, 3.8) is 0 Å². The molecular weight excluding hydrogens is 791 g/mol. The first-order valence-corrected chi connectivity index (χ1v) is 22.6. The zero-order valence-electron chi connectivity index (χ0n) is 33.5. The van der Waals surface area contributed by atoms with E-state index in [9.17, 15) is 29.6 Å². The molecule has 0 saturated carbocycles. The van der Waals surface area contributed by atoms with E-state index in [0.717, 1.165) is 0 Å². The normalized spacial score (nSPS) is 21.4. The highest BCUT2D eigenvalue weighted by molar-refractivity contribution is 8.03. The van der Waals surface area contributed by atoms with E-state index < -0.39 is 31.2 Å². The van der Waals surface area contributed by atoms with Gasteiger partial charge in [-0.2, -0.15) is 4.98 Å². The number of oxazole rings is 1. The Hall–Kier alpha value is -5.29. The average molecular weight is 838 g/mol. The van der Waals surface area contributed by atoms with E-state index in [1.54, 1.807) is 11.8 Å². The maximum Gasteiger partial charge on any atom is 0.356 e. The maximum atomic E-state index is 13.6. The van der Waals surface area contributed by atoms with Gasteiger partial charge < -0.3 is 33.4 Å². The summed E-state index contributed by atoms with van der Waals surface area (Å²) in [4.78, 5) is 61.4. The Kier molecular flexibility index (Phi) is 10.8. The Balaban J connectivity index is 0.905.